The number of rotatable bonds is 3. The van der Waals surface area contributed by atoms with Crippen LogP contribution in [0.4, 0.5) is 0 Å². The van der Waals surface area contributed by atoms with Crippen molar-refractivity contribution in [2.45, 2.75) is 6.54 Å². The van der Waals surface area contributed by atoms with Crippen LogP contribution in [0.1, 0.15) is 5.56 Å². The van der Waals surface area contributed by atoms with E-state index >= 15 is 0 Å². The van der Waals surface area contributed by atoms with E-state index < -0.39 is 6.61 Å². The first-order valence-electron chi connectivity index (χ1n) is 3.84. The molecule has 70 valence electrons. The molecule has 0 aromatic heterocycles. The molecule has 1 amide bonds. The first kappa shape index (κ1) is 10.2. The fourth-order valence-electron chi connectivity index (χ4n) is 0.859. The maximum Gasteiger partial charge on any atom is 0.245 e. The molecule has 0 heterocycles. The molecule has 0 atom stereocenters. The van der Waals surface area contributed by atoms with Crippen molar-refractivity contribution in [1.29, 1.82) is 0 Å². The van der Waals surface area contributed by atoms with Gasteiger partial charge in [-0.05, 0) is 17.7 Å². The number of hydrogen-bond acceptors (Lipinski definition) is 2. The van der Waals surface area contributed by atoms with Crippen molar-refractivity contribution in [3.05, 3.63) is 34.3 Å². The van der Waals surface area contributed by atoms with E-state index in [1.165, 1.54) is 0 Å². The van der Waals surface area contributed by atoms with Crippen LogP contribution >= 0.6 is 15.9 Å². The summed E-state index contributed by atoms with van der Waals surface area (Å²) < 4.78 is 1.00. The highest BCUT2D eigenvalue weighted by molar-refractivity contribution is 9.10. The van der Waals surface area contributed by atoms with E-state index in [4.69, 9.17) is 5.11 Å². The van der Waals surface area contributed by atoms with Crippen LogP contribution in [0.15, 0.2) is 28.7 Å². The van der Waals surface area contributed by atoms with E-state index in [1.54, 1.807) is 0 Å². The molecule has 0 saturated heterocycles. The molecule has 0 aliphatic carbocycles. The van der Waals surface area contributed by atoms with Gasteiger partial charge >= 0.3 is 0 Å². The van der Waals surface area contributed by atoms with Gasteiger partial charge in [-0.1, -0.05) is 28.1 Å². The monoisotopic (exact) mass is 243 g/mol. The normalized spacial score (nSPS) is 9.69. The fraction of sp³-hybridized carbons (Fsp3) is 0.222. The lowest BCUT2D eigenvalue weighted by molar-refractivity contribution is -0.123. The molecule has 1 rings (SSSR count). The summed E-state index contributed by atoms with van der Waals surface area (Å²) >= 11 is 3.31. The number of aliphatic hydroxyl groups excluding tert-OH is 1. The van der Waals surface area contributed by atoms with Crippen LogP contribution in [0.5, 0.6) is 0 Å². The molecule has 1 aromatic rings. The minimum Gasteiger partial charge on any atom is -0.387 e. The summed E-state index contributed by atoms with van der Waals surface area (Å²) in [6, 6.07) is 7.62. The van der Waals surface area contributed by atoms with Gasteiger partial charge in [0, 0.05) is 11.0 Å². The van der Waals surface area contributed by atoms with Crippen molar-refractivity contribution in [1.82, 2.24) is 5.32 Å². The Bertz CT molecular complexity index is 284. The lowest BCUT2D eigenvalue weighted by Gasteiger charge is -2.02. The quantitative estimate of drug-likeness (QED) is 0.835. The van der Waals surface area contributed by atoms with Gasteiger partial charge in [-0.2, -0.15) is 0 Å². The molecule has 0 saturated carbocycles. The predicted molar refractivity (Wildman–Crippen MR) is 53.1 cm³/mol. The predicted octanol–water partition coefficient (Wildman–Crippen LogP) is 1.06. The standard InChI is InChI=1S/C9H10BrNO2/c10-8-3-1-7(2-4-8)5-11-9(13)6-12/h1-4,12H,5-6H2,(H,11,13). The third kappa shape index (κ3) is 3.57. The number of aliphatic hydroxyl groups is 1. The van der Waals surface area contributed by atoms with Crippen LogP contribution in [0.3, 0.4) is 0 Å². The smallest absolute Gasteiger partial charge is 0.245 e. The number of carbonyl (C=O) groups excluding carboxylic acids is 1. The van der Waals surface area contributed by atoms with Crippen molar-refractivity contribution in [2.24, 2.45) is 0 Å². The van der Waals surface area contributed by atoms with Gasteiger partial charge in [0.15, 0.2) is 0 Å². The van der Waals surface area contributed by atoms with Crippen molar-refractivity contribution >= 4 is 21.8 Å². The fourth-order valence-corrected chi connectivity index (χ4v) is 1.12. The van der Waals surface area contributed by atoms with Gasteiger partial charge in [0.1, 0.15) is 6.61 Å². The molecule has 1 aromatic carbocycles. The zero-order valence-electron chi connectivity index (χ0n) is 6.96. The Hall–Kier alpha value is -0.870. The van der Waals surface area contributed by atoms with Crippen LogP contribution in [0, 0.1) is 0 Å². The minimum absolute atomic E-state index is 0.358. The molecular weight excluding hydrogens is 234 g/mol. The third-order valence-electron chi connectivity index (χ3n) is 1.55. The Labute approximate surface area is 84.9 Å². The van der Waals surface area contributed by atoms with E-state index in [1.807, 2.05) is 24.3 Å². The number of carbonyl (C=O) groups is 1. The first-order chi connectivity index (χ1) is 6.22. The van der Waals surface area contributed by atoms with E-state index in [9.17, 15) is 4.79 Å². The maximum absolute atomic E-state index is 10.7. The second kappa shape index (κ2) is 4.99. The molecular formula is C9H10BrNO2. The van der Waals surface area contributed by atoms with Crippen LogP contribution in [-0.4, -0.2) is 17.6 Å². The Morgan fingerprint density at radius 1 is 1.38 bits per heavy atom. The van der Waals surface area contributed by atoms with Crippen molar-refractivity contribution < 1.29 is 9.90 Å². The SMILES string of the molecule is O=C(CO)NCc1ccc(Br)cc1. The molecule has 0 aliphatic rings. The molecule has 13 heavy (non-hydrogen) atoms. The summed E-state index contributed by atoms with van der Waals surface area (Å²) in [5.41, 5.74) is 1.00. The van der Waals surface area contributed by atoms with Crippen LogP contribution in [0.2, 0.25) is 0 Å². The molecule has 4 heteroatoms. The Morgan fingerprint density at radius 2 is 2.00 bits per heavy atom. The van der Waals surface area contributed by atoms with Gasteiger partial charge in [0.25, 0.3) is 0 Å². The zero-order chi connectivity index (χ0) is 9.68. The average Bonchev–Trinajstić information content (AvgIpc) is 2.16. The number of halogens is 1. The molecule has 0 bridgehead atoms. The van der Waals surface area contributed by atoms with Crippen LogP contribution in [-0.2, 0) is 11.3 Å². The molecule has 0 unspecified atom stereocenters. The second-order valence-corrected chi connectivity index (χ2v) is 3.48. The summed E-state index contributed by atoms with van der Waals surface area (Å²) in [5.74, 6) is -0.358. The molecule has 2 N–H and O–H groups in total. The summed E-state index contributed by atoms with van der Waals surface area (Å²) in [6.45, 7) is -0.0107. The van der Waals surface area contributed by atoms with Crippen molar-refractivity contribution in [3.8, 4) is 0 Å². The minimum atomic E-state index is -0.462. The number of amides is 1. The van der Waals surface area contributed by atoms with Crippen LogP contribution in [0.25, 0.3) is 0 Å². The van der Waals surface area contributed by atoms with E-state index in [0.29, 0.717) is 6.54 Å². The van der Waals surface area contributed by atoms with Crippen molar-refractivity contribution in [3.63, 3.8) is 0 Å². The average molecular weight is 244 g/mol. The topological polar surface area (TPSA) is 49.3 Å². The molecule has 0 spiro atoms. The maximum atomic E-state index is 10.7. The third-order valence-corrected chi connectivity index (χ3v) is 2.08. The highest BCUT2D eigenvalue weighted by atomic mass is 79.9. The highest BCUT2D eigenvalue weighted by Crippen LogP contribution is 2.09. The highest BCUT2D eigenvalue weighted by Gasteiger charge is 1.97. The zero-order valence-corrected chi connectivity index (χ0v) is 8.54. The van der Waals surface area contributed by atoms with Gasteiger partial charge in [-0.3, -0.25) is 4.79 Å². The van der Waals surface area contributed by atoms with Gasteiger partial charge in [-0.15, -0.1) is 0 Å². The van der Waals surface area contributed by atoms with Gasteiger partial charge in [-0.25, -0.2) is 0 Å². The summed E-state index contributed by atoms with van der Waals surface area (Å²) in [5, 5.41) is 11.0. The van der Waals surface area contributed by atoms with E-state index in [0.717, 1.165) is 10.0 Å². The van der Waals surface area contributed by atoms with Gasteiger partial charge in [0.05, 0.1) is 0 Å². The van der Waals surface area contributed by atoms with Gasteiger partial charge in [0.2, 0.25) is 5.91 Å². The van der Waals surface area contributed by atoms with Gasteiger partial charge < -0.3 is 10.4 Å². The number of benzene rings is 1. The van der Waals surface area contributed by atoms with E-state index in [2.05, 4.69) is 21.2 Å². The second-order valence-electron chi connectivity index (χ2n) is 2.56. The lowest BCUT2D eigenvalue weighted by Crippen LogP contribution is -2.25. The molecule has 0 fully saturated rings. The summed E-state index contributed by atoms with van der Waals surface area (Å²) in [7, 11) is 0. The number of nitrogens with one attached hydrogen (secondary N) is 1. The van der Waals surface area contributed by atoms with Crippen molar-refractivity contribution in [2.75, 3.05) is 6.61 Å². The summed E-state index contributed by atoms with van der Waals surface area (Å²) in [6.07, 6.45) is 0. The molecule has 3 nitrogen and oxygen atoms in total. The first-order valence-corrected chi connectivity index (χ1v) is 4.63. The Morgan fingerprint density at radius 3 is 2.54 bits per heavy atom. The van der Waals surface area contributed by atoms with Crippen LogP contribution < -0.4 is 5.32 Å². The molecule has 0 radical (unpaired) electrons. The molecule has 0 aliphatic heterocycles. The Balaban J connectivity index is 2.46. The Kier molecular flexibility index (Phi) is 3.92. The lowest BCUT2D eigenvalue weighted by atomic mass is 10.2. The number of hydrogen-bond donors (Lipinski definition) is 2. The largest absolute Gasteiger partial charge is 0.387 e. The van der Waals surface area contributed by atoms with E-state index in [-0.39, 0.29) is 5.91 Å². The summed E-state index contributed by atoms with van der Waals surface area (Å²) in [4.78, 5) is 10.7.